The molecule has 0 unspecified atom stereocenters. The molecule has 1 saturated carbocycles. The number of aryl methyl sites for hydroxylation is 1. The SMILES string of the molecule is COc1ccc(-c2ccc(N(C)C=O)cc2)cc1CN(C(=O)c1sc2cccc(F)c2c1C)[C@H]1CC[C@H](N(C)C(=O)OC(C)(C)C)CC1. The van der Waals surface area contributed by atoms with E-state index in [0.717, 1.165) is 33.5 Å². The summed E-state index contributed by atoms with van der Waals surface area (Å²) in [4.78, 5) is 44.2. The fraction of sp³-hybridized carbons (Fsp3) is 0.395. The van der Waals surface area contributed by atoms with E-state index in [1.54, 1.807) is 32.2 Å². The molecule has 10 heteroatoms. The average molecular weight is 674 g/mol. The minimum Gasteiger partial charge on any atom is -0.496 e. The first-order chi connectivity index (χ1) is 22.8. The molecular weight excluding hydrogens is 629 g/mol. The highest BCUT2D eigenvalue weighted by Gasteiger charge is 2.35. The van der Waals surface area contributed by atoms with Crippen molar-refractivity contribution in [2.75, 3.05) is 26.1 Å². The second-order valence-electron chi connectivity index (χ2n) is 13.4. The Morgan fingerprint density at radius 2 is 1.60 bits per heavy atom. The van der Waals surface area contributed by atoms with Crippen molar-refractivity contribution in [3.63, 3.8) is 0 Å². The van der Waals surface area contributed by atoms with E-state index in [2.05, 4.69) is 0 Å². The van der Waals surface area contributed by atoms with Crippen molar-refractivity contribution in [3.05, 3.63) is 82.5 Å². The van der Waals surface area contributed by atoms with E-state index in [4.69, 9.17) is 9.47 Å². The molecule has 8 nitrogen and oxygen atoms in total. The maximum absolute atomic E-state index is 14.9. The van der Waals surface area contributed by atoms with E-state index in [9.17, 15) is 18.8 Å². The van der Waals surface area contributed by atoms with Gasteiger partial charge in [0, 0.05) is 54.1 Å². The smallest absolute Gasteiger partial charge is 0.410 e. The molecule has 0 N–H and O–H groups in total. The zero-order valence-corrected chi connectivity index (χ0v) is 29.5. The van der Waals surface area contributed by atoms with Crippen molar-refractivity contribution in [2.24, 2.45) is 0 Å². The van der Waals surface area contributed by atoms with Gasteiger partial charge in [-0.2, -0.15) is 0 Å². The Bertz CT molecular complexity index is 1790. The van der Waals surface area contributed by atoms with Crippen LogP contribution in [0.1, 0.15) is 67.3 Å². The predicted molar refractivity (Wildman–Crippen MR) is 189 cm³/mol. The largest absolute Gasteiger partial charge is 0.496 e. The van der Waals surface area contributed by atoms with Crippen molar-refractivity contribution in [3.8, 4) is 16.9 Å². The molecule has 3 amide bonds. The van der Waals surface area contributed by atoms with Gasteiger partial charge < -0.3 is 24.2 Å². The number of halogens is 1. The van der Waals surface area contributed by atoms with E-state index in [1.165, 1.54) is 22.3 Å². The maximum atomic E-state index is 14.9. The lowest BCUT2D eigenvalue weighted by molar-refractivity contribution is -0.107. The number of hydrogen-bond acceptors (Lipinski definition) is 6. The normalized spacial score (nSPS) is 16.3. The molecule has 0 bridgehead atoms. The summed E-state index contributed by atoms with van der Waals surface area (Å²) in [5, 5.41) is 0.483. The van der Waals surface area contributed by atoms with Gasteiger partial charge in [0.25, 0.3) is 5.91 Å². The third-order valence-electron chi connectivity index (χ3n) is 9.08. The van der Waals surface area contributed by atoms with Crippen LogP contribution in [0, 0.1) is 12.7 Å². The van der Waals surface area contributed by atoms with Gasteiger partial charge in [0.15, 0.2) is 0 Å². The predicted octanol–water partition coefficient (Wildman–Crippen LogP) is 8.44. The van der Waals surface area contributed by atoms with Crippen LogP contribution in [0.2, 0.25) is 0 Å². The summed E-state index contributed by atoms with van der Waals surface area (Å²) in [6, 6.07) is 18.4. The Morgan fingerprint density at radius 3 is 2.21 bits per heavy atom. The second kappa shape index (κ2) is 14.4. The van der Waals surface area contributed by atoms with Crippen molar-refractivity contribution < 1.29 is 28.2 Å². The number of carbonyl (C=O) groups excluding carboxylic acids is 3. The lowest BCUT2D eigenvalue weighted by Crippen LogP contribution is -2.47. The molecule has 3 aromatic carbocycles. The summed E-state index contributed by atoms with van der Waals surface area (Å²) in [6.07, 6.45) is 3.22. The number of carbonyl (C=O) groups is 3. The van der Waals surface area contributed by atoms with Crippen LogP contribution >= 0.6 is 11.3 Å². The Hall–Kier alpha value is -4.44. The van der Waals surface area contributed by atoms with E-state index >= 15 is 0 Å². The van der Waals surface area contributed by atoms with Gasteiger partial charge in [0.05, 0.1) is 12.0 Å². The van der Waals surface area contributed by atoms with Gasteiger partial charge in [0.1, 0.15) is 17.2 Å². The van der Waals surface area contributed by atoms with Gasteiger partial charge in [0.2, 0.25) is 6.41 Å². The zero-order valence-electron chi connectivity index (χ0n) is 28.7. The molecule has 1 aliphatic carbocycles. The molecule has 48 heavy (non-hydrogen) atoms. The minimum atomic E-state index is -0.588. The number of fused-ring (bicyclic) bond motifs is 1. The number of ether oxygens (including phenoxy) is 2. The van der Waals surface area contributed by atoms with Crippen LogP contribution in [0.4, 0.5) is 14.9 Å². The molecule has 4 aromatic rings. The first-order valence-corrected chi connectivity index (χ1v) is 17.0. The number of hydrogen-bond donors (Lipinski definition) is 0. The molecule has 0 atom stereocenters. The Balaban J connectivity index is 1.47. The number of methoxy groups -OCH3 is 1. The van der Waals surface area contributed by atoms with Gasteiger partial charge in [-0.25, -0.2) is 9.18 Å². The number of anilines is 1. The van der Waals surface area contributed by atoms with Crippen molar-refractivity contribution in [1.82, 2.24) is 9.80 Å². The summed E-state index contributed by atoms with van der Waals surface area (Å²) in [5.74, 6) is 0.175. The molecule has 0 aliphatic heterocycles. The van der Waals surface area contributed by atoms with Gasteiger partial charge in [-0.3, -0.25) is 9.59 Å². The first-order valence-electron chi connectivity index (χ1n) is 16.2. The molecule has 0 radical (unpaired) electrons. The number of nitrogens with zero attached hydrogens (tertiary/aromatic N) is 3. The molecule has 254 valence electrons. The number of amides is 3. The van der Waals surface area contributed by atoms with E-state index < -0.39 is 5.60 Å². The molecule has 1 heterocycles. The van der Waals surface area contributed by atoms with Crippen LogP contribution in [0.3, 0.4) is 0 Å². The highest BCUT2D eigenvalue weighted by molar-refractivity contribution is 7.21. The third kappa shape index (κ3) is 7.49. The summed E-state index contributed by atoms with van der Waals surface area (Å²) in [6.45, 7) is 7.66. The topological polar surface area (TPSA) is 79.4 Å². The van der Waals surface area contributed by atoms with Gasteiger partial charge >= 0.3 is 6.09 Å². The summed E-state index contributed by atoms with van der Waals surface area (Å²) in [7, 11) is 5.09. The lowest BCUT2D eigenvalue weighted by Gasteiger charge is -2.40. The van der Waals surface area contributed by atoms with Crippen LogP contribution in [0.5, 0.6) is 5.75 Å². The molecule has 1 fully saturated rings. The van der Waals surface area contributed by atoms with Crippen LogP contribution in [0.15, 0.2) is 60.7 Å². The highest BCUT2D eigenvalue weighted by atomic mass is 32.1. The van der Waals surface area contributed by atoms with Crippen LogP contribution < -0.4 is 9.64 Å². The molecule has 1 aliphatic rings. The third-order valence-corrected chi connectivity index (χ3v) is 10.3. The van der Waals surface area contributed by atoms with Crippen LogP contribution in [0.25, 0.3) is 21.2 Å². The number of benzene rings is 3. The maximum Gasteiger partial charge on any atom is 0.410 e. The van der Waals surface area contributed by atoms with Gasteiger partial charge in [-0.1, -0.05) is 24.3 Å². The monoisotopic (exact) mass is 673 g/mol. The fourth-order valence-electron chi connectivity index (χ4n) is 6.41. The van der Waals surface area contributed by atoms with Crippen molar-refractivity contribution in [2.45, 2.75) is 77.6 Å². The van der Waals surface area contributed by atoms with Crippen molar-refractivity contribution in [1.29, 1.82) is 0 Å². The average Bonchev–Trinajstić information content (AvgIpc) is 3.42. The minimum absolute atomic E-state index is 0.00713. The second-order valence-corrected chi connectivity index (χ2v) is 14.5. The van der Waals surface area contributed by atoms with Crippen LogP contribution in [-0.2, 0) is 16.1 Å². The highest BCUT2D eigenvalue weighted by Crippen LogP contribution is 2.37. The lowest BCUT2D eigenvalue weighted by atomic mass is 9.89. The van der Waals surface area contributed by atoms with E-state index in [1.807, 2.05) is 81.1 Å². The molecule has 1 aromatic heterocycles. The first kappa shape index (κ1) is 34.9. The molecule has 5 rings (SSSR count). The number of rotatable bonds is 9. The van der Waals surface area contributed by atoms with Crippen molar-refractivity contribution >= 4 is 45.5 Å². The Morgan fingerprint density at radius 1 is 0.958 bits per heavy atom. The van der Waals surface area contributed by atoms with Gasteiger partial charge in [-0.05, 0) is 106 Å². The molecule has 0 spiro atoms. The standard InChI is InChI=1S/C38H44FN3O5S/c1-24-34-31(39)9-8-10-33(34)48-35(24)36(44)42(30-18-16-29(17-19-30)41(6)37(45)47-38(2,3)4)22-27-21-26(13-20-32(27)46-7)25-11-14-28(15-12-25)40(5)23-43/h8-15,20-21,23,29-30H,16-19,22H2,1-7H3/t29-,30-. The summed E-state index contributed by atoms with van der Waals surface area (Å²) in [5.41, 5.74) is 3.58. The summed E-state index contributed by atoms with van der Waals surface area (Å²) < 4.78 is 27.0. The Labute approximate surface area is 286 Å². The Kier molecular flexibility index (Phi) is 10.4. The van der Waals surface area contributed by atoms with E-state index in [-0.39, 0.29) is 36.4 Å². The zero-order chi connectivity index (χ0) is 34.7. The molecular formula is C38H44FN3O5S. The number of thiophene rings is 1. The quantitative estimate of drug-likeness (QED) is 0.167. The van der Waals surface area contributed by atoms with Gasteiger partial charge in [-0.15, -0.1) is 11.3 Å². The molecule has 0 saturated heterocycles. The van der Waals surface area contributed by atoms with Crippen LogP contribution in [-0.4, -0.2) is 67.1 Å². The fourth-order valence-corrected chi connectivity index (χ4v) is 7.59. The summed E-state index contributed by atoms with van der Waals surface area (Å²) >= 11 is 1.32. The van der Waals surface area contributed by atoms with E-state index in [0.29, 0.717) is 47.3 Å².